The fourth-order valence-corrected chi connectivity index (χ4v) is 1.47. The Labute approximate surface area is 103 Å². The highest BCUT2D eigenvalue weighted by Gasteiger charge is 2.18. The summed E-state index contributed by atoms with van der Waals surface area (Å²) in [6.45, 7) is 9.84. The first-order chi connectivity index (χ1) is 7.78. The van der Waals surface area contributed by atoms with Gasteiger partial charge in [-0.15, -0.1) is 0 Å². The summed E-state index contributed by atoms with van der Waals surface area (Å²) in [5.74, 6) is 0.220. The van der Waals surface area contributed by atoms with Crippen LogP contribution in [0.5, 0.6) is 0 Å². The van der Waals surface area contributed by atoms with E-state index in [1.165, 1.54) is 0 Å². The minimum atomic E-state index is -0.477. The van der Waals surface area contributed by atoms with Crippen molar-refractivity contribution in [3.63, 3.8) is 0 Å². The van der Waals surface area contributed by atoms with Gasteiger partial charge in [0.2, 0.25) is 0 Å². The van der Waals surface area contributed by atoms with Crippen molar-refractivity contribution in [2.45, 2.75) is 46.6 Å². The summed E-state index contributed by atoms with van der Waals surface area (Å²) >= 11 is 0. The molecule has 1 aromatic heterocycles. The number of hydrogen-bond acceptors (Lipinski definition) is 3. The van der Waals surface area contributed by atoms with Gasteiger partial charge in [-0.2, -0.15) is 0 Å². The maximum atomic E-state index is 11.7. The molecular weight excluding hydrogens is 214 g/mol. The minimum Gasteiger partial charge on any atom is -0.455 e. The predicted molar refractivity (Wildman–Crippen MR) is 67.9 cm³/mol. The van der Waals surface area contributed by atoms with Gasteiger partial charge in [0.05, 0.1) is 0 Å². The van der Waals surface area contributed by atoms with Crippen molar-refractivity contribution in [2.75, 3.05) is 0 Å². The molecule has 0 aliphatic heterocycles. The number of ether oxygens (including phenoxy) is 1. The Bertz CT molecular complexity index is 374. The van der Waals surface area contributed by atoms with Gasteiger partial charge in [-0.3, -0.25) is 0 Å². The summed E-state index contributed by atoms with van der Waals surface area (Å²) in [5.41, 5.74) is 1.04. The first-order valence-corrected chi connectivity index (χ1v) is 5.96. The third-order valence-corrected chi connectivity index (χ3v) is 2.08. The summed E-state index contributed by atoms with van der Waals surface area (Å²) in [5, 5.41) is 0. The van der Waals surface area contributed by atoms with E-state index in [9.17, 15) is 4.79 Å². The quantitative estimate of drug-likeness (QED) is 0.755. The van der Waals surface area contributed by atoms with Crippen LogP contribution < -0.4 is 0 Å². The number of carbonyl (C=O) groups is 1. The fourth-order valence-electron chi connectivity index (χ4n) is 1.47. The molecule has 0 bridgehead atoms. The minimum absolute atomic E-state index is 0.367. The van der Waals surface area contributed by atoms with Crippen LogP contribution in [0.4, 0.5) is 0 Å². The van der Waals surface area contributed by atoms with Crippen molar-refractivity contribution in [2.24, 2.45) is 5.92 Å². The van der Waals surface area contributed by atoms with Crippen LogP contribution in [-0.4, -0.2) is 16.6 Å². The second kappa shape index (κ2) is 5.30. The maximum Gasteiger partial charge on any atom is 0.357 e. The molecule has 3 heteroatoms. The number of nitrogens with zero attached hydrogens (tertiary/aromatic N) is 1. The zero-order chi connectivity index (χ0) is 13.1. The van der Waals surface area contributed by atoms with E-state index in [0.29, 0.717) is 11.6 Å². The molecule has 0 aromatic carbocycles. The van der Waals surface area contributed by atoms with Crippen LogP contribution in [0.1, 0.15) is 50.7 Å². The van der Waals surface area contributed by atoms with E-state index in [2.05, 4.69) is 18.8 Å². The largest absolute Gasteiger partial charge is 0.455 e. The molecule has 0 saturated carbocycles. The lowest BCUT2D eigenvalue weighted by Gasteiger charge is -2.19. The van der Waals surface area contributed by atoms with E-state index in [1.807, 2.05) is 26.8 Å². The van der Waals surface area contributed by atoms with E-state index >= 15 is 0 Å². The van der Waals surface area contributed by atoms with Gasteiger partial charge in [-0.05, 0) is 44.7 Å². The molecule has 0 fully saturated rings. The zero-order valence-corrected chi connectivity index (χ0v) is 11.3. The molecule has 0 aliphatic rings. The Morgan fingerprint density at radius 2 is 2.00 bits per heavy atom. The molecule has 94 valence electrons. The van der Waals surface area contributed by atoms with Gasteiger partial charge in [-0.1, -0.05) is 19.9 Å². The molecule has 0 unspecified atom stereocenters. The monoisotopic (exact) mass is 235 g/mol. The van der Waals surface area contributed by atoms with E-state index in [4.69, 9.17) is 4.74 Å². The smallest absolute Gasteiger partial charge is 0.357 e. The van der Waals surface area contributed by atoms with Gasteiger partial charge in [0.1, 0.15) is 11.3 Å². The average molecular weight is 235 g/mol. The van der Waals surface area contributed by atoms with E-state index in [-0.39, 0.29) is 5.97 Å². The molecule has 0 aliphatic carbocycles. The van der Waals surface area contributed by atoms with Crippen LogP contribution in [-0.2, 0) is 11.2 Å². The third kappa shape index (κ3) is 4.98. The normalized spacial score (nSPS) is 11.6. The van der Waals surface area contributed by atoms with Crippen molar-refractivity contribution >= 4 is 5.97 Å². The lowest BCUT2D eigenvalue weighted by Crippen LogP contribution is -2.24. The number of aromatic nitrogens is 1. The summed E-state index contributed by atoms with van der Waals surface area (Å²) in [7, 11) is 0. The van der Waals surface area contributed by atoms with Crippen LogP contribution in [0.2, 0.25) is 0 Å². The Hall–Kier alpha value is -1.38. The number of pyridine rings is 1. The van der Waals surface area contributed by atoms with Gasteiger partial charge in [-0.25, -0.2) is 9.78 Å². The predicted octanol–water partition coefficient (Wildman–Crippen LogP) is 3.24. The highest BCUT2D eigenvalue weighted by molar-refractivity contribution is 5.87. The van der Waals surface area contributed by atoms with Crippen molar-refractivity contribution in [3.8, 4) is 0 Å². The number of rotatable bonds is 3. The topological polar surface area (TPSA) is 39.2 Å². The molecule has 0 saturated heterocycles. The summed E-state index contributed by atoms with van der Waals surface area (Å²) in [6.07, 6.45) is 2.72. The molecule has 0 spiro atoms. The van der Waals surface area contributed by atoms with Gasteiger partial charge in [0, 0.05) is 6.20 Å². The summed E-state index contributed by atoms with van der Waals surface area (Å²) in [4.78, 5) is 15.9. The Morgan fingerprint density at radius 1 is 1.35 bits per heavy atom. The molecule has 1 rings (SSSR count). The number of carbonyl (C=O) groups excluding carboxylic acids is 1. The lowest BCUT2D eigenvalue weighted by molar-refractivity contribution is 0.00628. The molecule has 0 amide bonds. The Balaban J connectivity index is 2.71. The van der Waals surface area contributed by atoms with Crippen molar-refractivity contribution in [3.05, 3.63) is 29.6 Å². The Kier molecular flexibility index (Phi) is 4.27. The summed E-state index contributed by atoms with van der Waals surface area (Å²) in [6, 6.07) is 3.66. The van der Waals surface area contributed by atoms with Gasteiger partial charge in [0.15, 0.2) is 0 Å². The molecule has 0 N–H and O–H groups in total. The number of esters is 1. The zero-order valence-electron chi connectivity index (χ0n) is 11.3. The van der Waals surface area contributed by atoms with Crippen LogP contribution in [0.3, 0.4) is 0 Å². The van der Waals surface area contributed by atoms with Crippen LogP contribution in [0.15, 0.2) is 18.3 Å². The molecule has 1 heterocycles. The first kappa shape index (κ1) is 13.7. The second-order valence-corrected chi connectivity index (χ2v) is 5.65. The van der Waals surface area contributed by atoms with Crippen LogP contribution in [0.25, 0.3) is 0 Å². The molecule has 0 radical (unpaired) electrons. The van der Waals surface area contributed by atoms with Gasteiger partial charge >= 0.3 is 5.97 Å². The highest BCUT2D eigenvalue weighted by atomic mass is 16.6. The second-order valence-electron chi connectivity index (χ2n) is 5.65. The van der Waals surface area contributed by atoms with Crippen LogP contribution >= 0.6 is 0 Å². The molecular formula is C14H21NO2. The van der Waals surface area contributed by atoms with Gasteiger partial charge < -0.3 is 4.74 Å². The fraction of sp³-hybridized carbons (Fsp3) is 0.571. The molecule has 17 heavy (non-hydrogen) atoms. The van der Waals surface area contributed by atoms with Gasteiger partial charge in [0.25, 0.3) is 0 Å². The van der Waals surface area contributed by atoms with Crippen molar-refractivity contribution < 1.29 is 9.53 Å². The SMILES string of the molecule is CC(C)Cc1ccc(C(=O)OC(C)(C)C)nc1. The van der Waals surface area contributed by atoms with Crippen molar-refractivity contribution in [1.82, 2.24) is 4.98 Å². The first-order valence-electron chi connectivity index (χ1n) is 5.96. The van der Waals surface area contributed by atoms with Crippen molar-refractivity contribution in [1.29, 1.82) is 0 Å². The highest BCUT2D eigenvalue weighted by Crippen LogP contribution is 2.12. The molecule has 0 atom stereocenters. The third-order valence-electron chi connectivity index (χ3n) is 2.08. The van der Waals surface area contributed by atoms with E-state index < -0.39 is 5.60 Å². The Morgan fingerprint density at radius 3 is 2.41 bits per heavy atom. The summed E-state index contributed by atoms with van der Waals surface area (Å²) < 4.78 is 5.24. The average Bonchev–Trinajstić information content (AvgIpc) is 2.15. The standard InChI is InChI=1S/C14H21NO2/c1-10(2)8-11-6-7-12(15-9-11)13(16)17-14(3,4)5/h6-7,9-10H,8H2,1-5H3. The van der Waals surface area contributed by atoms with E-state index in [1.54, 1.807) is 12.3 Å². The number of hydrogen-bond donors (Lipinski definition) is 0. The molecule has 1 aromatic rings. The maximum absolute atomic E-state index is 11.7. The van der Waals surface area contributed by atoms with E-state index in [0.717, 1.165) is 12.0 Å². The molecule has 3 nitrogen and oxygen atoms in total. The van der Waals surface area contributed by atoms with Crippen LogP contribution in [0, 0.1) is 5.92 Å². The lowest BCUT2D eigenvalue weighted by atomic mass is 10.0.